The summed E-state index contributed by atoms with van der Waals surface area (Å²) in [6.45, 7) is 6.70. The predicted molar refractivity (Wildman–Crippen MR) is 53.2 cm³/mol. The van der Waals surface area contributed by atoms with Crippen LogP contribution in [-0.2, 0) is 0 Å². The number of rotatable bonds is 3. The molecule has 1 heterocycles. The van der Waals surface area contributed by atoms with Crippen molar-refractivity contribution in [2.24, 2.45) is 5.73 Å². The van der Waals surface area contributed by atoms with Crippen molar-refractivity contribution in [2.45, 2.75) is 51.6 Å². The van der Waals surface area contributed by atoms with Crippen LogP contribution in [0.5, 0.6) is 0 Å². The third kappa shape index (κ3) is 2.46. The first kappa shape index (κ1) is 10.0. The lowest BCUT2D eigenvalue weighted by Crippen LogP contribution is -2.44. The van der Waals surface area contributed by atoms with Crippen molar-refractivity contribution in [3.63, 3.8) is 0 Å². The Morgan fingerprint density at radius 3 is 2.33 bits per heavy atom. The number of hydrogen-bond donors (Lipinski definition) is 1. The maximum atomic E-state index is 5.51. The Balaban J connectivity index is 2.34. The van der Waals surface area contributed by atoms with Gasteiger partial charge in [-0.2, -0.15) is 0 Å². The molecule has 72 valence electrons. The average Bonchev–Trinajstić information content (AvgIpc) is 2.04. The number of nitrogens with zero attached hydrogens (tertiary/aromatic N) is 1. The van der Waals surface area contributed by atoms with Crippen LogP contribution in [-0.4, -0.2) is 30.1 Å². The second kappa shape index (κ2) is 4.83. The van der Waals surface area contributed by atoms with E-state index in [-0.39, 0.29) is 0 Å². The highest BCUT2D eigenvalue weighted by molar-refractivity contribution is 4.79. The number of hydrogen-bond acceptors (Lipinski definition) is 2. The largest absolute Gasteiger partial charge is 0.330 e. The quantitative estimate of drug-likeness (QED) is 0.697. The molecule has 0 aromatic rings. The maximum absolute atomic E-state index is 5.51. The van der Waals surface area contributed by atoms with Gasteiger partial charge in [0.05, 0.1) is 0 Å². The molecule has 1 saturated heterocycles. The molecule has 0 saturated carbocycles. The van der Waals surface area contributed by atoms with Crippen molar-refractivity contribution in [1.29, 1.82) is 0 Å². The molecule has 1 rings (SSSR count). The van der Waals surface area contributed by atoms with Crippen molar-refractivity contribution in [3.8, 4) is 0 Å². The molecule has 2 atom stereocenters. The Bertz CT molecular complexity index is 115. The minimum absolute atomic E-state index is 0.778. The predicted octanol–water partition coefficient (Wildman–Crippen LogP) is 1.60. The zero-order chi connectivity index (χ0) is 8.97. The van der Waals surface area contributed by atoms with Gasteiger partial charge in [0.2, 0.25) is 0 Å². The van der Waals surface area contributed by atoms with Gasteiger partial charge in [0, 0.05) is 12.1 Å². The van der Waals surface area contributed by atoms with Gasteiger partial charge in [-0.25, -0.2) is 0 Å². The van der Waals surface area contributed by atoms with Crippen molar-refractivity contribution in [2.75, 3.05) is 13.1 Å². The molecule has 0 aromatic carbocycles. The zero-order valence-electron chi connectivity index (χ0n) is 8.42. The van der Waals surface area contributed by atoms with Crippen molar-refractivity contribution >= 4 is 0 Å². The average molecular weight is 170 g/mol. The second-order valence-corrected chi connectivity index (χ2v) is 4.01. The van der Waals surface area contributed by atoms with Crippen molar-refractivity contribution in [1.82, 2.24) is 4.90 Å². The molecule has 2 nitrogen and oxygen atoms in total. The van der Waals surface area contributed by atoms with Crippen LogP contribution in [0.2, 0.25) is 0 Å². The van der Waals surface area contributed by atoms with Crippen LogP contribution >= 0.6 is 0 Å². The van der Waals surface area contributed by atoms with E-state index in [2.05, 4.69) is 18.7 Å². The van der Waals surface area contributed by atoms with Gasteiger partial charge in [-0.3, -0.25) is 4.90 Å². The van der Waals surface area contributed by atoms with Gasteiger partial charge in [-0.05, 0) is 46.2 Å². The molecule has 0 radical (unpaired) electrons. The smallest absolute Gasteiger partial charge is 0.00697 e. The van der Waals surface area contributed by atoms with E-state index in [0.29, 0.717) is 0 Å². The number of likely N-dealkylation sites (tertiary alicyclic amines) is 1. The van der Waals surface area contributed by atoms with Gasteiger partial charge >= 0.3 is 0 Å². The van der Waals surface area contributed by atoms with Crippen LogP contribution in [0.4, 0.5) is 0 Å². The molecule has 1 aliphatic rings. The van der Waals surface area contributed by atoms with Crippen LogP contribution in [0.15, 0.2) is 0 Å². The van der Waals surface area contributed by atoms with Gasteiger partial charge in [-0.1, -0.05) is 6.42 Å². The minimum Gasteiger partial charge on any atom is -0.330 e. The van der Waals surface area contributed by atoms with E-state index in [4.69, 9.17) is 5.73 Å². The summed E-state index contributed by atoms with van der Waals surface area (Å²) in [4.78, 5) is 2.61. The molecule has 1 fully saturated rings. The van der Waals surface area contributed by atoms with Crippen molar-refractivity contribution in [3.05, 3.63) is 0 Å². The van der Waals surface area contributed by atoms with Gasteiger partial charge in [0.25, 0.3) is 0 Å². The second-order valence-electron chi connectivity index (χ2n) is 4.01. The van der Waals surface area contributed by atoms with E-state index in [1.807, 2.05) is 0 Å². The zero-order valence-corrected chi connectivity index (χ0v) is 8.42. The molecule has 2 heteroatoms. The van der Waals surface area contributed by atoms with Gasteiger partial charge in [-0.15, -0.1) is 0 Å². The SMILES string of the molecule is C[C@@H]1CCC[C@@H](C)N1CCCN. The first-order valence-electron chi connectivity index (χ1n) is 5.21. The Hall–Kier alpha value is -0.0800. The molecular weight excluding hydrogens is 148 g/mol. The highest BCUT2D eigenvalue weighted by Crippen LogP contribution is 2.22. The highest BCUT2D eigenvalue weighted by atomic mass is 15.2. The van der Waals surface area contributed by atoms with E-state index in [1.54, 1.807) is 0 Å². The third-order valence-electron chi connectivity index (χ3n) is 3.00. The summed E-state index contributed by atoms with van der Waals surface area (Å²) in [5, 5.41) is 0. The summed E-state index contributed by atoms with van der Waals surface area (Å²) in [5.41, 5.74) is 5.51. The van der Waals surface area contributed by atoms with E-state index in [0.717, 1.165) is 25.0 Å². The molecule has 0 bridgehead atoms. The lowest BCUT2D eigenvalue weighted by Gasteiger charge is -2.38. The molecule has 0 aliphatic carbocycles. The molecule has 0 unspecified atom stereocenters. The summed E-state index contributed by atoms with van der Waals surface area (Å²) in [6.07, 6.45) is 5.29. The summed E-state index contributed by atoms with van der Waals surface area (Å²) in [5.74, 6) is 0. The number of nitrogens with two attached hydrogens (primary N) is 1. The highest BCUT2D eigenvalue weighted by Gasteiger charge is 2.23. The van der Waals surface area contributed by atoms with Gasteiger partial charge < -0.3 is 5.73 Å². The topological polar surface area (TPSA) is 29.3 Å². The first-order chi connectivity index (χ1) is 5.75. The van der Waals surface area contributed by atoms with E-state index < -0.39 is 0 Å². The summed E-state index contributed by atoms with van der Waals surface area (Å²) >= 11 is 0. The minimum atomic E-state index is 0.778. The number of piperidine rings is 1. The first-order valence-corrected chi connectivity index (χ1v) is 5.21. The van der Waals surface area contributed by atoms with E-state index >= 15 is 0 Å². The monoisotopic (exact) mass is 170 g/mol. The summed E-state index contributed by atoms with van der Waals surface area (Å²) in [7, 11) is 0. The fourth-order valence-electron chi connectivity index (χ4n) is 2.19. The Kier molecular flexibility index (Phi) is 4.02. The molecule has 0 aromatic heterocycles. The summed E-state index contributed by atoms with van der Waals surface area (Å²) in [6, 6.07) is 1.56. The van der Waals surface area contributed by atoms with Crippen LogP contribution in [0.25, 0.3) is 0 Å². The van der Waals surface area contributed by atoms with Crippen LogP contribution in [0, 0.1) is 0 Å². The third-order valence-corrected chi connectivity index (χ3v) is 3.00. The van der Waals surface area contributed by atoms with E-state index in [9.17, 15) is 0 Å². The molecular formula is C10H22N2. The molecule has 12 heavy (non-hydrogen) atoms. The normalized spacial score (nSPS) is 32.2. The fourth-order valence-corrected chi connectivity index (χ4v) is 2.19. The standard InChI is InChI=1S/C10H22N2/c1-9-5-3-6-10(2)12(9)8-4-7-11/h9-10H,3-8,11H2,1-2H3/t9-,10-/m1/s1. The Morgan fingerprint density at radius 1 is 1.25 bits per heavy atom. The van der Waals surface area contributed by atoms with Crippen LogP contribution in [0.3, 0.4) is 0 Å². The van der Waals surface area contributed by atoms with Gasteiger partial charge in [0.1, 0.15) is 0 Å². The van der Waals surface area contributed by atoms with Crippen LogP contribution in [0.1, 0.15) is 39.5 Å². The lowest BCUT2D eigenvalue weighted by molar-refractivity contribution is 0.103. The lowest BCUT2D eigenvalue weighted by atomic mass is 9.97. The van der Waals surface area contributed by atoms with Crippen LogP contribution < -0.4 is 5.73 Å². The Labute approximate surface area is 76.1 Å². The summed E-state index contributed by atoms with van der Waals surface area (Å²) < 4.78 is 0. The molecule has 0 amide bonds. The molecule has 0 spiro atoms. The van der Waals surface area contributed by atoms with Gasteiger partial charge in [0.15, 0.2) is 0 Å². The van der Waals surface area contributed by atoms with E-state index in [1.165, 1.54) is 25.8 Å². The Morgan fingerprint density at radius 2 is 1.83 bits per heavy atom. The molecule has 2 N–H and O–H groups in total. The fraction of sp³-hybridized carbons (Fsp3) is 1.00. The van der Waals surface area contributed by atoms with Crippen molar-refractivity contribution < 1.29 is 0 Å². The molecule has 1 aliphatic heterocycles. The maximum Gasteiger partial charge on any atom is 0.00697 e.